The number of aromatic nitrogens is 4. The Morgan fingerprint density at radius 3 is 2.61 bits per heavy atom. The maximum Gasteiger partial charge on any atom is 0.267 e. The van der Waals surface area contributed by atoms with Crippen molar-refractivity contribution in [2.45, 2.75) is 5.66 Å². The van der Waals surface area contributed by atoms with E-state index >= 15 is 0 Å². The molecule has 0 aromatic carbocycles. The number of pyridine rings is 1. The summed E-state index contributed by atoms with van der Waals surface area (Å²) in [6.45, 7) is 0. The summed E-state index contributed by atoms with van der Waals surface area (Å²) in [5, 5.41) is 7.62. The lowest BCUT2D eigenvalue weighted by Crippen LogP contribution is -2.57. The third-order valence-electron chi connectivity index (χ3n) is 2.77. The summed E-state index contributed by atoms with van der Waals surface area (Å²) >= 11 is 0. The summed E-state index contributed by atoms with van der Waals surface area (Å²) in [7, 11) is 3.47. The molecule has 18 heavy (non-hydrogen) atoms. The van der Waals surface area contributed by atoms with Crippen molar-refractivity contribution < 1.29 is 4.79 Å². The van der Waals surface area contributed by atoms with E-state index in [1.54, 1.807) is 49.6 Å². The molecule has 0 spiro atoms. The lowest BCUT2D eigenvalue weighted by Gasteiger charge is -2.35. The second-order valence-corrected chi connectivity index (χ2v) is 3.99. The average molecular weight is 246 g/mol. The van der Waals surface area contributed by atoms with Crippen molar-refractivity contribution >= 4 is 5.91 Å². The molecule has 2 aromatic heterocycles. The summed E-state index contributed by atoms with van der Waals surface area (Å²) in [4.78, 5) is 17.9. The van der Waals surface area contributed by atoms with Gasteiger partial charge < -0.3 is 5.73 Å². The van der Waals surface area contributed by atoms with E-state index in [0.717, 1.165) is 0 Å². The van der Waals surface area contributed by atoms with Gasteiger partial charge in [-0.25, -0.2) is 4.68 Å². The molecule has 2 N–H and O–H groups in total. The zero-order valence-electron chi connectivity index (χ0n) is 10.2. The van der Waals surface area contributed by atoms with E-state index in [2.05, 4.69) is 15.3 Å². The second-order valence-electron chi connectivity index (χ2n) is 3.99. The molecule has 7 heteroatoms. The van der Waals surface area contributed by atoms with E-state index in [0.29, 0.717) is 5.69 Å². The van der Waals surface area contributed by atoms with E-state index in [1.807, 2.05) is 0 Å². The van der Waals surface area contributed by atoms with Crippen LogP contribution in [-0.2, 0) is 10.5 Å². The zero-order chi connectivity index (χ0) is 13.2. The van der Waals surface area contributed by atoms with E-state index in [4.69, 9.17) is 5.73 Å². The topological polar surface area (TPSA) is 89.9 Å². The summed E-state index contributed by atoms with van der Waals surface area (Å²) < 4.78 is 1.40. The lowest BCUT2D eigenvalue weighted by molar-refractivity contribution is -0.132. The lowest BCUT2D eigenvalue weighted by atomic mass is 10.0. The number of hydrogen-bond acceptors (Lipinski definition) is 5. The molecule has 0 bridgehead atoms. The van der Waals surface area contributed by atoms with Gasteiger partial charge in [0.15, 0.2) is 0 Å². The van der Waals surface area contributed by atoms with Crippen LogP contribution in [0.1, 0.15) is 5.69 Å². The van der Waals surface area contributed by atoms with E-state index in [9.17, 15) is 4.79 Å². The first-order valence-electron chi connectivity index (χ1n) is 5.35. The third-order valence-corrected chi connectivity index (χ3v) is 2.77. The SMILES string of the molecule is CN(C)C(C(N)=O)(c1ccccn1)n1ccnn1. The third kappa shape index (κ3) is 1.65. The first kappa shape index (κ1) is 12.2. The summed E-state index contributed by atoms with van der Waals surface area (Å²) in [6.07, 6.45) is 4.68. The quantitative estimate of drug-likeness (QED) is 0.779. The highest BCUT2D eigenvalue weighted by atomic mass is 16.2. The fourth-order valence-electron chi connectivity index (χ4n) is 1.96. The molecule has 1 amide bonds. The van der Waals surface area contributed by atoms with Crippen molar-refractivity contribution in [3.63, 3.8) is 0 Å². The van der Waals surface area contributed by atoms with Gasteiger partial charge in [-0.05, 0) is 26.2 Å². The number of carbonyl (C=O) groups excluding carboxylic acids is 1. The van der Waals surface area contributed by atoms with Crippen LogP contribution >= 0.6 is 0 Å². The molecular weight excluding hydrogens is 232 g/mol. The molecule has 0 aliphatic rings. The van der Waals surface area contributed by atoms with Gasteiger partial charge in [0.2, 0.25) is 5.66 Å². The summed E-state index contributed by atoms with van der Waals surface area (Å²) in [5.74, 6) is -0.572. The van der Waals surface area contributed by atoms with Crippen LogP contribution in [-0.4, -0.2) is 44.9 Å². The van der Waals surface area contributed by atoms with E-state index < -0.39 is 11.6 Å². The monoisotopic (exact) mass is 246 g/mol. The molecular formula is C11H14N6O. The van der Waals surface area contributed by atoms with Gasteiger partial charge in [-0.3, -0.25) is 14.7 Å². The van der Waals surface area contributed by atoms with Gasteiger partial charge >= 0.3 is 0 Å². The fraction of sp³-hybridized carbons (Fsp3) is 0.273. The Kier molecular flexibility index (Phi) is 3.07. The molecule has 2 aromatic rings. The van der Waals surface area contributed by atoms with Crippen molar-refractivity contribution in [3.8, 4) is 0 Å². The highest BCUT2D eigenvalue weighted by Gasteiger charge is 2.45. The van der Waals surface area contributed by atoms with Crippen molar-refractivity contribution in [1.29, 1.82) is 0 Å². The summed E-state index contributed by atoms with van der Waals surface area (Å²) in [6, 6.07) is 5.29. The van der Waals surface area contributed by atoms with Crippen LogP contribution in [0.25, 0.3) is 0 Å². The molecule has 0 aliphatic carbocycles. The largest absolute Gasteiger partial charge is 0.366 e. The molecule has 1 atom stereocenters. The van der Waals surface area contributed by atoms with Crippen molar-refractivity contribution in [1.82, 2.24) is 24.9 Å². The molecule has 1 unspecified atom stereocenters. The van der Waals surface area contributed by atoms with Crippen LogP contribution in [0.5, 0.6) is 0 Å². The van der Waals surface area contributed by atoms with Crippen LogP contribution in [0.2, 0.25) is 0 Å². The Morgan fingerprint density at radius 2 is 2.17 bits per heavy atom. The molecule has 0 fully saturated rings. The predicted octanol–water partition coefficient (Wildman–Crippen LogP) is -0.579. The van der Waals surface area contributed by atoms with Gasteiger partial charge in [0.05, 0.1) is 11.9 Å². The smallest absolute Gasteiger partial charge is 0.267 e. The van der Waals surface area contributed by atoms with E-state index in [-0.39, 0.29) is 0 Å². The van der Waals surface area contributed by atoms with Gasteiger partial charge in [-0.1, -0.05) is 11.3 Å². The number of likely N-dealkylation sites (N-methyl/N-ethyl adjacent to an activating group) is 1. The van der Waals surface area contributed by atoms with Crippen LogP contribution in [0.4, 0.5) is 0 Å². The molecule has 0 aliphatic heterocycles. The Morgan fingerprint density at radius 1 is 1.39 bits per heavy atom. The van der Waals surface area contributed by atoms with Gasteiger partial charge in [-0.2, -0.15) is 0 Å². The van der Waals surface area contributed by atoms with Gasteiger partial charge in [-0.15, -0.1) is 5.10 Å². The minimum atomic E-state index is -1.28. The minimum Gasteiger partial charge on any atom is -0.366 e. The number of carbonyl (C=O) groups is 1. The summed E-state index contributed by atoms with van der Waals surface area (Å²) in [5.41, 5.74) is 4.80. The number of amides is 1. The normalized spacial score (nSPS) is 14.4. The predicted molar refractivity (Wildman–Crippen MR) is 64.2 cm³/mol. The Bertz CT molecular complexity index is 524. The maximum atomic E-state index is 12.0. The van der Waals surface area contributed by atoms with Gasteiger partial charge in [0.1, 0.15) is 0 Å². The molecule has 7 nitrogen and oxygen atoms in total. The Balaban J connectivity index is 2.70. The minimum absolute atomic E-state index is 0.494. The van der Waals surface area contributed by atoms with Crippen LogP contribution < -0.4 is 5.73 Å². The van der Waals surface area contributed by atoms with Gasteiger partial charge in [0.25, 0.3) is 5.91 Å². The number of nitrogens with two attached hydrogens (primary N) is 1. The fourth-order valence-corrected chi connectivity index (χ4v) is 1.96. The van der Waals surface area contributed by atoms with Crippen molar-refractivity contribution in [2.75, 3.05) is 14.1 Å². The Labute approximate surface area is 104 Å². The van der Waals surface area contributed by atoms with Crippen molar-refractivity contribution in [2.24, 2.45) is 5.73 Å². The van der Waals surface area contributed by atoms with Crippen LogP contribution in [0, 0.1) is 0 Å². The Hall–Kier alpha value is -2.28. The molecule has 94 valence electrons. The first-order valence-corrected chi connectivity index (χ1v) is 5.35. The number of rotatable bonds is 4. The van der Waals surface area contributed by atoms with Crippen molar-refractivity contribution in [3.05, 3.63) is 42.5 Å². The maximum absolute atomic E-state index is 12.0. The molecule has 0 saturated heterocycles. The highest BCUT2D eigenvalue weighted by molar-refractivity contribution is 5.85. The molecule has 0 saturated carbocycles. The standard InChI is InChI=1S/C11H14N6O/c1-16(2)11(10(12)18,17-8-7-14-15-17)9-5-3-4-6-13-9/h3-8H,1-2H3,(H2,12,18). The molecule has 2 rings (SSSR count). The average Bonchev–Trinajstić information content (AvgIpc) is 2.84. The zero-order valence-corrected chi connectivity index (χ0v) is 10.2. The second kappa shape index (κ2) is 4.53. The first-order chi connectivity index (χ1) is 8.60. The highest BCUT2D eigenvalue weighted by Crippen LogP contribution is 2.25. The number of primary amides is 1. The van der Waals surface area contributed by atoms with Crippen LogP contribution in [0.15, 0.2) is 36.8 Å². The number of hydrogen-bond donors (Lipinski definition) is 1. The van der Waals surface area contributed by atoms with Crippen LogP contribution in [0.3, 0.4) is 0 Å². The molecule has 0 radical (unpaired) electrons. The number of nitrogens with zero attached hydrogens (tertiary/aromatic N) is 5. The van der Waals surface area contributed by atoms with Gasteiger partial charge in [0, 0.05) is 12.4 Å². The van der Waals surface area contributed by atoms with E-state index in [1.165, 1.54) is 10.9 Å². The molecule has 2 heterocycles.